The maximum atomic E-state index is 12.5. The number of thiophene rings is 1. The van der Waals surface area contributed by atoms with Gasteiger partial charge in [0.1, 0.15) is 5.02 Å². The van der Waals surface area contributed by atoms with Gasteiger partial charge in [0.2, 0.25) is 0 Å². The molecular formula is C15H8ClN3O4S3. The Labute approximate surface area is 165 Å². The second-order valence-electron chi connectivity index (χ2n) is 4.90. The summed E-state index contributed by atoms with van der Waals surface area (Å²) in [5.41, 5.74) is 2.62. The van der Waals surface area contributed by atoms with E-state index in [0.717, 1.165) is 16.8 Å². The van der Waals surface area contributed by atoms with Crippen molar-refractivity contribution in [1.82, 2.24) is 10.4 Å². The lowest BCUT2D eigenvalue weighted by atomic mass is 10.2. The first-order valence-corrected chi connectivity index (χ1v) is 9.41. The summed E-state index contributed by atoms with van der Waals surface area (Å²) in [7, 11) is 0. The van der Waals surface area contributed by atoms with Gasteiger partial charge < -0.3 is 0 Å². The summed E-state index contributed by atoms with van der Waals surface area (Å²) < 4.78 is 0.162. The number of nitrogens with zero attached hydrogens (tertiary/aromatic N) is 2. The molecule has 2 amide bonds. The van der Waals surface area contributed by atoms with E-state index in [0.29, 0.717) is 10.4 Å². The zero-order chi connectivity index (χ0) is 18.8. The molecule has 0 radical (unpaired) electrons. The molecule has 2 heterocycles. The first-order chi connectivity index (χ1) is 12.4. The maximum absolute atomic E-state index is 12.5. The van der Waals surface area contributed by atoms with Crippen molar-refractivity contribution in [3.8, 4) is 0 Å². The zero-order valence-corrected chi connectivity index (χ0v) is 15.9. The zero-order valence-electron chi connectivity index (χ0n) is 12.7. The second-order valence-corrected chi connectivity index (χ2v) is 7.93. The quantitative estimate of drug-likeness (QED) is 0.346. The number of carbonyl (C=O) groups excluding carboxylic acids is 2. The van der Waals surface area contributed by atoms with Crippen LogP contribution in [0.15, 0.2) is 40.6 Å². The smallest absolute Gasteiger partial charge is 0.266 e. The van der Waals surface area contributed by atoms with Crippen LogP contribution < -0.4 is 5.43 Å². The van der Waals surface area contributed by atoms with Gasteiger partial charge in [-0.05, 0) is 41.4 Å². The first kappa shape index (κ1) is 18.5. The minimum atomic E-state index is -0.605. The largest absolute Gasteiger partial charge is 0.288 e. The Morgan fingerprint density at radius 1 is 1.38 bits per heavy atom. The number of carbonyl (C=O) groups is 2. The van der Waals surface area contributed by atoms with E-state index >= 15 is 0 Å². The molecule has 11 heteroatoms. The third-order valence-electron chi connectivity index (χ3n) is 3.22. The second kappa shape index (κ2) is 7.54. The molecule has 0 aliphatic carbocycles. The van der Waals surface area contributed by atoms with Crippen molar-refractivity contribution in [2.45, 2.75) is 0 Å². The van der Waals surface area contributed by atoms with Crippen LogP contribution in [-0.2, 0) is 4.79 Å². The summed E-state index contributed by atoms with van der Waals surface area (Å²) in [5, 5.41) is 13.7. The Balaban J connectivity index is 1.82. The van der Waals surface area contributed by atoms with Crippen LogP contribution >= 0.6 is 46.9 Å². The van der Waals surface area contributed by atoms with Crippen LogP contribution in [0, 0.1) is 10.1 Å². The van der Waals surface area contributed by atoms with Crippen LogP contribution in [0.1, 0.15) is 15.2 Å². The summed E-state index contributed by atoms with van der Waals surface area (Å²) in [6.07, 6.45) is 1.46. The maximum Gasteiger partial charge on any atom is 0.288 e. The predicted octanol–water partition coefficient (Wildman–Crippen LogP) is 3.86. The predicted molar refractivity (Wildman–Crippen MR) is 105 cm³/mol. The van der Waals surface area contributed by atoms with E-state index in [1.165, 1.54) is 29.5 Å². The highest BCUT2D eigenvalue weighted by molar-refractivity contribution is 8.26. The van der Waals surface area contributed by atoms with Gasteiger partial charge in [0.05, 0.1) is 14.7 Å². The van der Waals surface area contributed by atoms with Crippen molar-refractivity contribution in [3.63, 3.8) is 0 Å². The van der Waals surface area contributed by atoms with Crippen LogP contribution in [0.4, 0.5) is 5.69 Å². The molecule has 132 valence electrons. The molecule has 0 spiro atoms. The lowest BCUT2D eigenvalue weighted by molar-refractivity contribution is -0.384. The van der Waals surface area contributed by atoms with E-state index in [2.05, 4.69) is 5.43 Å². The Morgan fingerprint density at radius 3 is 2.81 bits per heavy atom. The number of nitro groups is 1. The van der Waals surface area contributed by atoms with Crippen molar-refractivity contribution in [1.29, 1.82) is 0 Å². The lowest BCUT2D eigenvalue weighted by Gasteiger charge is -2.14. The van der Waals surface area contributed by atoms with Gasteiger partial charge in [-0.15, -0.1) is 11.3 Å². The van der Waals surface area contributed by atoms with Crippen molar-refractivity contribution < 1.29 is 14.5 Å². The highest BCUT2D eigenvalue weighted by Gasteiger charge is 2.34. The van der Waals surface area contributed by atoms with Crippen LogP contribution in [-0.4, -0.2) is 26.1 Å². The molecular weight excluding hydrogens is 418 g/mol. The highest BCUT2D eigenvalue weighted by Crippen LogP contribution is 2.33. The fourth-order valence-electron chi connectivity index (χ4n) is 2.04. The molecule has 0 unspecified atom stereocenters. The minimum Gasteiger partial charge on any atom is -0.266 e. The lowest BCUT2D eigenvalue weighted by Crippen LogP contribution is -2.44. The topological polar surface area (TPSA) is 92.6 Å². The normalized spacial score (nSPS) is 15.6. The molecule has 0 atom stereocenters. The van der Waals surface area contributed by atoms with Gasteiger partial charge in [0, 0.05) is 6.07 Å². The van der Waals surface area contributed by atoms with Gasteiger partial charge >= 0.3 is 0 Å². The summed E-state index contributed by atoms with van der Waals surface area (Å²) in [4.78, 5) is 35.6. The van der Waals surface area contributed by atoms with Crippen LogP contribution in [0.2, 0.25) is 5.02 Å². The van der Waals surface area contributed by atoms with Crippen molar-refractivity contribution in [2.24, 2.45) is 0 Å². The average molecular weight is 426 g/mol. The number of thiocarbonyl (C=S) groups is 1. The Kier molecular flexibility index (Phi) is 5.37. The fourth-order valence-corrected chi connectivity index (χ4v) is 4.02. The highest BCUT2D eigenvalue weighted by atomic mass is 35.5. The van der Waals surface area contributed by atoms with E-state index < -0.39 is 16.7 Å². The Bertz CT molecular complexity index is 959. The standard InChI is InChI=1S/C15H8ClN3O4S3/c16-9-4-3-8(6-10(9)19(22)23)7-12-14(21)18(15(24)26-12)17-13(20)11-2-1-5-25-11/h1-7H,(H,17,20)/b12-7-. The molecule has 3 rings (SSSR count). The van der Waals surface area contributed by atoms with Crippen LogP contribution in [0.3, 0.4) is 0 Å². The molecule has 1 aliphatic rings. The van der Waals surface area contributed by atoms with Crippen LogP contribution in [0.25, 0.3) is 6.08 Å². The van der Waals surface area contributed by atoms with E-state index in [1.807, 2.05) is 0 Å². The number of hydrazine groups is 1. The Morgan fingerprint density at radius 2 is 2.15 bits per heavy atom. The molecule has 1 saturated heterocycles. The van der Waals surface area contributed by atoms with E-state index in [4.69, 9.17) is 23.8 Å². The molecule has 26 heavy (non-hydrogen) atoms. The number of thioether (sulfide) groups is 1. The number of nitrogens with one attached hydrogen (secondary N) is 1. The third kappa shape index (κ3) is 3.78. The molecule has 1 fully saturated rings. The monoisotopic (exact) mass is 425 g/mol. The van der Waals surface area contributed by atoms with Gasteiger partial charge in [0.15, 0.2) is 4.32 Å². The Hall–Kier alpha value is -2.27. The molecule has 1 aliphatic heterocycles. The molecule has 0 saturated carbocycles. The molecule has 7 nitrogen and oxygen atoms in total. The molecule has 0 bridgehead atoms. The minimum absolute atomic E-state index is 0.00269. The van der Waals surface area contributed by atoms with Gasteiger partial charge in [0.25, 0.3) is 17.5 Å². The SMILES string of the molecule is O=C(NN1C(=O)/C(=C/c2ccc(Cl)c([N+](=O)[O-])c2)SC1=S)c1cccs1. The van der Waals surface area contributed by atoms with Crippen molar-refractivity contribution in [3.05, 3.63) is 66.2 Å². The number of halogens is 1. The first-order valence-electron chi connectivity index (χ1n) is 6.93. The number of rotatable bonds is 4. The van der Waals surface area contributed by atoms with Crippen LogP contribution in [0.5, 0.6) is 0 Å². The number of benzene rings is 1. The summed E-state index contributed by atoms with van der Waals surface area (Å²) >= 11 is 13.1. The van der Waals surface area contributed by atoms with E-state index in [1.54, 1.807) is 23.6 Å². The number of amides is 2. The van der Waals surface area contributed by atoms with Gasteiger partial charge in [-0.2, -0.15) is 5.01 Å². The van der Waals surface area contributed by atoms with Gasteiger partial charge in [-0.3, -0.25) is 25.1 Å². The fraction of sp³-hybridized carbons (Fsp3) is 0. The average Bonchev–Trinajstić information content (AvgIpc) is 3.21. The van der Waals surface area contributed by atoms with Gasteiger partial charge in [-0.25, -0.2) is 0 Å². The van der Waals surface area contributed by atoms with Gasteiger partial charge in [-0.1, -0.05) is 35.5 Å². The third-order valence-corrected chi connectivity index (χ3v) is 5.71. The molecule has 1 N–H and O–H groups in total. The molecule has 1 aromatic carbocycles. The van der Waals surface area contributed by atoms with Crippen molar-refractivity contribution >= 4 is 74.8 Å². The number of hydrogen-bond donors (Lipinski definition) is 1. The van der Waals surface area contributed by atoms with Crippen molar-refractivity contribution in [2.75, 3.05) is 0 Å². The number of hydrogen-bond acceptors (Lipinski definition) is 7. The molecule has 2 aromatic rings. The summed E-state index contributed by atoms with van der Waals surface area (Å²) in [6, 6.07) is 7.54. The van der Waals surface area contributed by atoms with E-state index in [9.17, 15) is 19.7 Å². The van der Waals surface area contributed by atoms with E-state index in [-0.39, 0.29) is 19.9 Å². The summed E-state index contributed by atoms with van der Waals surface area (Å²) in [5.74, 6) is -0.956. The number of nitro benzene ring substituents is 1. The molecule has 1 aromatic heterocycles. The summed E-state index contributed by atoms with van der Waals surface area (Å²) in [6.45, 7) is 0.